The second kappa shape index (κ2) is 12.2. The maximum Gasteiger partial charge on any atom is 0.481 e. The quantitative estimate of drug-likeness (QED) is 0.353. The Kier molecular flexibility index (Phi) is 9.90. The van der Waals surface area contributed by atoms with Crippen molar-refractivity contribution < 1.29 is 28.4 Å². The van der Waals surface area contributed by atoms with Gasteiger partial charge < -0.3 is 35.1 Å². The molecule has 1 heterocycles. The molecule has 4 fully saturated rings. The molecule has 1 saturated heterocycles. The van der Waals surface area contributed by atoms with Gasteiger partial charge in [-0.3, -0.25) is 9.59 Å². The first-order valence-corrected chi connectivity index (χ1v) is 13.8. The van der Waals surface area contributed by atoms with Gasteiger partial charge in [0.2, 0.25) is 11.8 Å². The molecule has 2 bridgehead atoms. The molecule has 4 aliphatic rings. The first-order chi connectivity index (χ1) is 17.9. The fourth-order valence-corrected chi connectivity index (χ4v) is 6.66. The van der Waals surface area contributed by atoms with Crippen LogP contribution in [-0.4, -0.2) is 63.4 Å². The third kappa shape index (κ3) is 6.34. The minimum absolute atomic E-state index is 0. The molecule has 0 unspecified atom stereocenters. The Balaban J connectivity index is 0.00000420. The lowest BCUT2D eigenvalue weighted by Gasteiger charge is -2.64. The second-order valence-corrected chi connectivity index (χ2v) is 12.4. The summed E-state index contributed by atoms with van der Waals surface area (Å²) in [6.07, 6.45) is 3.04. The van der Waals surface area contributed by atoms with Crippen LogP contribution in [0.3, 0.4) is 0 Å². The number of nitrogens with one attached hydrogen (secondary N) is 2. The maximum atomic E-state index is 13.1. The standard InChI is InChI=1S/C28H44BN3O6.ClH/c1-16(2)10-24(29-37-23-14-18-13-22(27(18,3)4)28(23,5)38-29)32-26(34)19(30)15-31-25(33)12-17-8-9-20(35-6)21(11-17)36-7;/h8-9,11,16,18-19,22-24H,10,12-15,30H2,1-7H3,(H,31,33)(H,32,34);1H/t18-,19-,22-,23+,24-,28-;/m0./s1. The zero-order valence-corrected chi connectivity index (χ0v) is 25.1. The van der Waals surface area contributed by atoms with Gasteiger partial charge in [-0.05, 0) is 67.1 Å². The average molecular weight is 566 g/mol. The minimum Gasteiger partial charge on any atom is -0.493 e. The van der Waals surface area contributed by atoms with E-state index >= 15 is 0 Å². The molecule has 0 radical (unpaired) electrons. The van der Waals surface area contributed by atoms with Crippen LogP contribution in [0.1, 0.15) is 59.4 Å². The Morgan fingerprint density at radius 3 is 2.46 bits per heavy atom. The molecule has 39 heavy (non-hydrogen) atoms. The van der Waals surface area contributed by atoms with Crippen LogP contribution in [-0.2, 0) is 25.3 Å². The summed E-state index contributed by atoms with van der Waals surface area (Å²) < 4.78 is 23.6. The van der Waals surface area contributed by atoms with Gasteiger partial charge in [-0.15, -0.1) is 12.4 Å². The average Bonchev–Trinajstić information content (AvgIpc) is 3.23. The van der Waals surface area contributed by atoms with E-state index in [0.29, 0.717) is 35.7 Å². The Morgan fingerprint density at radius 2 is 1.85 bits per heavy atom. The van der Waals surface area contributed by atoms with Crippen LogP contribution in [0.5, 0.6) is 11.5 Å². The van der Waals surface area contributed by atoms with Crippen molar-refractivity contribution in [2.24, 2.45) is 28.9 Å². The minimum atomic E-state index is -0.898. The van der Waals surface area contributed by atoms with Crippen LogP contribution in [0, 0.1) is 23.2 Å². The van der Waals surface area contributed by atoms with E-state index in [4.69, 9.17) is 24.5 Å². The lowest BCUT2D eigenvalue weighted by Crippen LogP contribution is -2.65. The molecular weight excluding hydrogens is 521 g/mol. The summed E-state index contributed by atoms with van der Waals surface area (Å²) in [5, 5.41) is 5.84. The number of hydrogen-bond donors (Lipinski definition) is 3. The fourth-order valence-electron chi connectivity index (χ4n) is 6.66. The van der Waals surface area contributed by atoms with E-state index in [2.05, 4.69) is 45.3 Å². The second-order valence-electron chi connectivity index (χ2n) is 12.4. The van der Waals surface area contributed by atoms with Gasteiger partial charge in [-0.1, -0.05) is 33.8 Å². The summed E-state index contributed by atoms with van der Waals surface area (Å²) in [5.74, 6) is 1.68. The number of carbonyl (C=O) groups excluding carboxylic acids is 2. The van der Waals surface area contributed by atoms with Gasteiger partial charge in [-0.2, -0.15) is 0 Å². The van der Waals surface area contributed by atoms with E-state index < -0.39 is 13.2 Å². The van der Waals surface area contributed by atoms with E-state index in [1.54, 1.807) is 32.4 Å². The molecule has 5 rings (SSSR count). The lowest BCUT2D eigenvalue weighted by atomic mass is 9.43. The number of rotatable bonds is 11. The van der Waals surface area contributed by atoms with Crippen LogP contribution in [0.15, 0.2) is 18.2 Å². The van der Waals surface area contributed by atoms with Crippen molar-refractivity contribution in [3.63, 3.8) is 0 Å². The lowest BCUT2D eigenvalue weighted by molar-refractivity contribution is -0.199. The number of halogens is 1. The Hall–Kier alpha value is -2.01. The summed E-state index contributed by atoms with van der Waals surface area (Å²) in [4.78, 5) is 25.6. The summed E-state index contributed by atoms with van der Waals surface area (Å²) in [6.45, 7) is 11.1. The van der Waals surface area contributed by atoms with Crippen LogP contribution in [0.25, 0.3) is 0 Å². The number of ether oxygens (including phenoxy) is 2. The first kappa shape index (κ1) is 31.5. The zero-order chi connectivity index (χ0) is 27.8. The number of carbonyl (C=O) groups is 2. The van der Waals surface area contributed by atoms with Gasteiger partial charge >= 0.3 is 7.12 Å². The molecule has 218 valence electrons. The van der Waals surface area contributed by atoms with Crippen molar-refractivity contribution in [2.45, 2.75) is 84.0 Å². The molecule has 3 saturated carbocycles. The SMILES string of the molecule is COc1ccc(CC(=O)NC[C@H](N)C(=O)N[C@@H](CC(C)C)B2O[C@@H]3C[C@@H]4C[C@@H](C4(C)C)[C@]3(C)O2)cc1OC.Cl. The number of nitrogens with two attached hydrogens (primary N) is 1. The largest absolute Gasteiger partial charge is 0.493 e. The van der Waals surface area contributed by atoms with Crippen LogP contribution in [0.4, 0.5) is 0 Å². The first-order valence-electron chi connectivity index (χ1n) is 13.8. The molecule has 0 aromatic heterocycles. The molecule has 11 heteroatoms. The number of methoxy groups -OCH3 is 2. The van der Waals surface area contributed by atoms with Gasteiger partial charge in [-0.25, -0.2) is 0 Å². The molecule has 1 aromatic rings. The highest BCUT2D eigenvalue weighted by atomic mass is 35.5. The zero-order valence-electron chi connectivity index (χ0n) is 24.2. The summed E-state index contributed by atoms with van der Waals surface area (Å²) in [6, 6.07) is 4.41. The molecular formula is C28H45BClN3O6. The maximum absolute atomic E-state index is 13.1. The summed E-state index contributed by atoms with van der Waals surface area (Å²) in [5.41, 5.74) is 6.85. The number of benzene rings is 1. The van der Waals surface area contributed by atoms with Gasteiger partial charge in [0.1, 0.15) is 6.04 Å². The highest BCUT2D eigenvalue weighted by molar-refractivity contribution is 6.47. The smallest absolute Gasteiger partial charge is 0.481 e. The predicted octanol–water partition coefficient (Wildman–Crippen LogP) is 2.91. The highest BCUT2D eigenvalue weighted by Crippen LogP contribution is 2.65. The molecule has 9 nitrogen and oxygen atoms in total. The van der Waals surface area contributed by atoms with E-state index in [9.17, 15) is 9.59 Å². The molecule has 6 atom stereocenters. The number of amides is 2. The Labute approximate surface area is 239 Å². The molecule has 1 aromatic carbocycles. The topological polar surface area (TPSA) is 121 Å². The van der Waals surface area contributed by atoms with Crippen LogP contribution in [0.2, 0.25) is 0 Å². The Morgan fingerprint density at radius 1 is 1.15 bits per heavy atom. The fraction of sp³-hybridized carbons (Fsp3) is 0.714. The highest BCUT2D eigenvalue weighted by Gasteiger charge is 2.68. The van der Waals surface area contributed by atoms with E-state index in [1.165, 1.54) is 6.42 Å². The third-order valence-electron chi connectivity index (χ3n) is 9.02. The van der Waals surface area contributed by atoms with Crippen molar-refractivity contribution in [1.82, 2.24) is 10.6 Å². The molecule has 4 N–H and O–H groups in total. The Bertz CT molecular complexity index is 1040. The van der Waals surface area contributed by atoms with Crippen molar-refractivity contribution in [1.29, 1.82) is 0 Å². The van der Waals surface area contributed by atoms with Crippen molar-refractivity contribution in [3.05, 3.63) is 23.8 Å². The van der Waals surface area contributed by atoms with Gasteiger partial charge in [0.05, 0.1) is 38.3 Å². The third-order valence-corrected chi connectivity index (χ3v) is 9.02. The van der Waals surface area contributed by atoms with Crippen molar-refractivity contribution >= 4 is 31.3 Å². The van der Waals surface area contributed by atoms with Gasteiger partial charge in [0.25, 0.3) is 0 Å². The van der Waals surface area contributed by atoms with E-state index in [1.807, 2.05) is 0 Å². The number of hydrogen-bond acceptors (Lipinski definition) is 7. The predicted molar refractivity (Wildman–Crippen MR) is 153 cm³/mol. The van der Waals surface area contributed by atoms with E-state index in [-0.39, 0.29) is 60.2 Å². The van der Waals surface area contributed by atoms with E-state index in [0.717, 1.165) is 12.0 Å². The van der Waals surface area contributed by atoms with Crippen molar-refractivity contribution in [2.75, 3.05) is 20.8 Å². The van der Waals surface area contributed by atoms with Crippen LogP contribution < -0.4 is 25.8 Å². The van der Waals surface area contributed by atoms with Gasteiger partial charge in [0.15, 0.2) is 11.5 Å². The molecule has 0 spiro atoms. The summed E-state index contributed by atoms with van der Waals surface area (Å²) >= 11 is 0. The monoisotopic (exact) mass is 565 g/mol. The molecule has 1 aliphatic heterocycles. The van der Waals surface area contributed by atoms with Gasteiger partial charge in [0, 0.05) is 6.54 Å². The van der Waals surface area contributed by atoms with Crippen molar-refractivity contribution in [3.8, 4) is 11.5 Å². The summed E-state index contributed by atoms with van der Waals surface area (Å²) in [7, 11) is 2.59. The molecule has 2 amide bonds. The normalized spacial score (nSPS) is 27.9. The van der Waals surface area contributed by atoms with Crippen LogP contribution >= 0.6 is 12.4 Å². The molecule has 3 aliphatic carbocycles.